The predicted octanol–water partition coefficient (Wildman–Crippen LogP) is 2.73. The molecule has 20 heavy (non-hydrogen) atoms. The Morgan fingerprint density at radius 3 is 2.35 bits per heavy atom. The van der Waals surface area contributed by atoms with Crippen LogP contribution in [0.1, 0.15) is 39.5 Å². The molecular formula is C13H24O4S3. The molecule has 0 aromatic rings. The van der Waals surface area contributed by atoms with Crippen molar-refractivity contribution in [3.05, 3.63) is 0 Å². The van der Waals surface area contributed by atoms with Crippen LogP contribution in [0.3, 0.4) is 0 Å². The molecule has 0 aliphatic rings. The van der Waals surface area contributed by atoms with Crippen LogP contribution < -0.4 is 0 Å². The van der Waals surface area contributed by atoms with Crippen LogP contribution in [-0.2, 0) is 14.3 Å². The van der Waals surface area contributed by atoms with Crippen LogP contribution in [0.5, 0.6) is 0 Å². The first-order valence-corrected chi connectivity index (χ1v) is 8.46. The fourth-order valence-electron chi connectivity index (χ4n) is 1.80. The molecule has 0 aliphatic carbocycles. The summed E-state index contributed by atoms with van der Waals surface area (Å²) in [6, 6.07) is 0. The maximum absolute atomic E-state index is 12.3. The van der Waals surface area contributed by atoms with E-state index in [0.717, 1.165) is 0 Å². The molecule has 0 amide bonds. The van der Waals surface area contributed by atoms with Gasteiger partial charge in [0.1, 0.15) is 0 Å². The van der Waals surface area contributed by atoms with Gasteiger partial charge >= 0.3 is 11.9 Å². The topological polar surface area (TPSA) is 63.6 Å². The number of thiol groups is 3. The molecule has 0 spiro atoms. The monoisotopic (exact) mass is 340 g/mol. The fraction of sp³-hybridized carbons (Fsp3) is 0.846. The number of carboxylic acids is 1. The second kappa shape index (κ2) is 9.84. The van der Waals surface area contributed by atoms with E-state index in [1.807, 2.05) is 6.92 Å². The minimum Gasteiger partial charge on any atom is -0.480 e. The molecule has 0 saturated carbocycles. The number of hydrogen-bond donors (Lipinski definition) is 4. The first-order chi connectivity index (χ1) is 9.33. The van der Waals surface area contributed by atoms with Crippen LogP contribution in [-0.4, -0.2) is 39.9 Å². The van der Waals surface area contributed by atoms with Gasteiger partial charge in [0.05, 0.1) is 6.10 Å². The van der Waals surface area contributed by atoms with Crippen molar-refractivity contribution in [3.63, 3.8) is 0 Å². The van der Waals surface area contributed by atoms with Gasteiger partial charge in [0, 0.05) is 11.0 Å². The Labute approximate surface area is 137 Å². The average Bonchev–Trinajstić information content (AvgIpc) is 2.42. The summed E-state index contributed by atoms with van der Waals surface area (Å²) in [5.74, 6) is -0.922. The summed E-state index contributed by atoms with van der Waals surface area (Å²) in [4.78, 5) is 24.1. The van der Waals surface area contributed by atoms with E-state index in [-0.39, 0.29) is 24.2 Å². The highest BCUT2D eigenvalue weighted by atomic mass is 32.1. The highest BCUT2D eigenvalue weighted by Crippen LogP contribution is 2.34. The van der Waals surface area contributed by atoms with Crippen LogP contribution in [0.25, 0.3) is 0 Å². The van der Waals surface area contributed by atoms with Crippen LogP contribution in [0, 0.1) is 5.41 Å². The van der Waals surface area contributed by atoms with E-state index in [1.165, 1.54) is 0 Å². The van der Waals surface area contributed by atoms with Crippen molar-refractivity contribution < 1.29 is 19.4 Å². The SMILES string of the molecule is CCC(C)OC(=O)C(CCCS)(CC(S)CS)C(=O)O. The summed E-state index contributed by atoms with van der Waals surface area (Å²) in [7, 11) is 0. The first kappa shape index (κ1) is 20.0. The lowest BCUT2D eigenvalue weighted by Crippen LogP contribution is -2.44. The lowest BCUT2D eigenvalue weighted by atomic mass is 9.79. The quantitative estimate of drug-likeness (QED) is 0.280. The Hall–Kier alpha value is -0.0100. The van der Waals surface area contributed by atoms with E-state index in [9.17, 15) is 14.7 Å². The number of carbonyl (C=O) groups is 2. The number of aliphatic carboxylic acids is 1. The smallest absolute Gasteiger partial charge is 0.323 e. The molecule has 0 aromatic heterocycles. The molecule has 4 nitrogen and oxygen atoms in total. The van der Waals surface area contributed by atoms with Crippen LogP contribution in [0.2, 0.25) is 0 Å². The number of hydrogen-bond acceptors (Lipinski definition) is 6. The molecule has 118 valence electrons. The largest absolute Gasteiger partial charge is 0.480 e. The Morgan fingerprint density at radius 2 is 1.95 bits per heavy atom. The number of rotatable bonds is 10. The summed E-state index contributed by atoms with van der Waals surface area (Å²) in [6.07, 6.45) is 1.18. The zero-order valence-corrected chi connectivity index (χ0v) is 14.6. The molecule has 0 bridgehead atoms. The Balaban J connectivity index is 5.25. The third-order valence-electron chi connectivity index (χ3n) is 3.24. The molecule has 7 heteroatoms. The van der Waals surface area contributed by atoms with Gasteiger partial charge in [0.15, 0.2) is 5.41 Å². The second-order valence-electron chi connectivity index (χ2n) is 4.88. The van der Waals surface area contributed by atoms with E-state index in [4.69, 9.17) is 4.74 Å². The third-order valence-corrected chi connectivity index (χ3v) is 4.65. The van der Waals surface area contributed by atoms with Crippen molar-refractivity contribution >= 4 is 49.8 Å². The zero-order valence-electron chi connectivity index (χ0n) is 11.9. The fourth-order valence-corrected chi connectivity index (χ4v) is 2.39. The van der Waals surface area contributed by atoms with Crippen molar-refractivity contribution in [1.29, 1.82) is 0 Å². The average molecular weight is 341 g/mol. The van der Waals surface area contributed by atoms with Gasteiger partial charge in [-0.05, 0) is 38.4 Å². The highest BCUT2D eigenvalue weighted by Gasteiger charge is 2.48. The van der Waals surface area contributed by atoms with Gasteiger partial charge in [-0.3, -0.25) is 9.59 Å². The first-order valence-electron chi connectivity index (χ1n) is 6.68. The third kappa shape index (κ3) is 5.77. The predicted molar refractivity (Wildman–Crippen MR) is 90.2 cm³/mol. The molecule has 0 radical (unpaired) electrons. The maximum Gasteiger partial charge on any atom is 0.323 e. The molecule has 3 atom stereocenters. The summed E-state index contributed by atoms with van der Waals surface area (Å²) in [5.41, 5.74) is -1.55. The maximum atomic E-state index is 12.3. The molecule has 0 aliphatic heterocycles. The normalized spacial score (nSPS) is 17.1. The van der Waals surface area contributed by atoms with Gasteiger partial charge in [-0.2, -0.15) is 37.9 Å². The Bertz CT molecular complexity index is 325. The van der Waals surface area contributed by atoms with Crippen molar-refractivity contribution in [2.45, 2.75) is 50.9 Å². The van der Waals surface area contributed by atoms with Gasteiger partial charge in [0.25, 0.3) is 0 Å². The van der Waals surface area contributed by atoms with Gasteiger partial charge in [-0.25, -0.2) is 0 Å². The number of esters is 1. The van der Waals surface area contributed by atoms with Crippen molar-refractivity contribution in [2.24, 2.45) is 5.41 Å². The van der Waals surface area contributed by atoms with E-state index in [0.29, 0.717) is 24.3 Å². The summed E-state index contributed by atoms with van der Waals surface area (Å²) < 4.78 is 5.27. The molecule has 1 N–H and O–H groups in total. The standard InChI is InChI=1S/C13H24O4S3/c1-3-9(2)17-12(16)13(11(14)15,5-4-6-18)7-10(20)8-19/h9-10,18-20H,3-8H2,1-2H3,(H,14,15). The van der Waals surface area contributed by atoms with Gasteiger partial charge in [-0.15, -0.1) is 0 Å². The molecule has 3 unspecified atom stereocenters. The van der Waals surface area contributed by atoms with Crippen molar-refractivity contribution in [3.8, 4) is 0 Å². The van der Waals surface area contributed by atoms with Gasteiger partial charge in [0.2, 0.25) is 0 Å². The van der Waals surface area contributed by atoms with Crippen molar-refractivity contribution in [1.82, 2.24) is 0 Å². The minimum atomic E-state index is -1.55. The lowest BCUT2D eigenvalue weighted by molar-refractivity contribution is -0.173. The molecule has 0 fully saturated rings. The number of carbonyl (C=O) groups excluding carboxylic acids is 1. The van der Waals surface area contributed by atoms with E-state index >= 15 is 0 Å². The zero-order chi connectivity index (χ0) is 15.8. The van der Waals surface area contributed by atoms with Crippen LogP contribution in [0.4, 0.5) is 0 Å². The van der Waals surface area contributed by atoms with E-state index in [2.05, 4.69) is 37.9 Å². The molecule has 0 saturated heterocycles. The second-order valence-corrected chi connectivity index (χ2v) is 6.42. The van der Waals surface area contributed by atoms with Crippen LogP contribution in [0.15, 0.2) is 0 Å². The minimum absolute atomic E-state index is 0.109. The number of ether oxygens (including phenoxy) is 1. The highest BCUT2D eigenvalue weighted by molar-refractivity contribution is 7.84. The Kier molecular flexibility index (Phi) is 9.84. The van der Waals surface area contributed by atoms with E-state index < -0.39 is 17.4 Å². The van der Waals surface area contributed by atoms with Crippen LogP contribution >= 0.6 is 37.9 Å². The Morgan fingerprint density at radius 1 is 1.35 bits per heavy atom. The summed E-state index contributed by atoms with van der Waals surface area (Å²) in [5, 5.41) is 9.29. The van der Waals surface area contributed by atoms with Gasteiger partial charge in [-0.1, -0.05) is 6.92 Å². The molecule has 0 rings (SSSR count). The van der Waals surface area contributed by atoms with Gasteiger partial charge < -0.3 is 9.84 Å². The molecule has 0 heterocycles. The summed E-state index contributed by atoms with van der Waals surface area (Å²) >= 11 is 12.5. The summed E-state index contributed by atoms with van der Waals surface area (Å²) in [6.45, 7) is 3.63. The van der Waals surface area contributed by atoms with Crippen molar-refractivity contribution in [2.75, 3.05) is 11.5 Å². The molecule has 0 aromatic carbocycles. The lowest BCUT2D eigenvalue weighted by Gasteiger charge is -2.30. The molecular weight excluding hydrogens is 316 g/mol. The number of carboxylic acid groups (broad SMARTS) is 1. The van der Waals surface area contributed by atoms with E-state index in [1.54, 1.807) is 6.92 Å².